The van der Waals surface area contributed by atoms with E-state index in [9.17, 15) is 14.4 Å². The number of unbranched alkanes of at least 4 members (excludes halogenated alkanes) is 1. The van der Waals surface area contributed by atoms with Gasteiger partial charge >= 0.3 is 11.9 Å². The predicted octanol–water partition coefficient (Wildman–Crippen LogP) is 2.55. The molecule has 3 N–H and O–H groups in total. The number of thioether (sulfide) groups is 1. The predicted molar refractivity (Wildman–Crippen MR) is 131 cm³/mol. The molecule has 2 atom stereocenters. The summed E-state index contributed by atoms with van der Waals surface area (Å²) in [6.07, 6.45) is 2.05. The highest BCUT2D eigenvalue weighted by molar-refractivity contribution is 7.99. The second-order valence-corrected chi connectivity index (χ2v) is 7.88. The van der Waals surface area contributed by atoms with Gasteiger partial charge in [0.2, 0.25) is 5.91 Å². The summed E-state index contributed by atoms with van der Waals surface area (Å²) in [6.45, 7) is 4.34. The summed E-state index contributed by atoms with van der Waals surface area (Å²) < 4.78 is 10.2. The van der Waals surface area contributed by atoms with Crippen LogP contribution in [-0.4, -0.2) is 62.0 Å². The SMILES string of the molecule is CCOC(=O)CN1C(=O)[C@@H](NC(CCCCN)C(=O)OCC)CSc2ccccc21.Cl.Cl. The van der Waals surface area contributed by atoms with E-state index in [-0.39, 0.29) is 56.4 Å². The van der Waals surface area contributed by atoms with Crippen LogP contribution >= 0.6 is 36.6 Å². The number of carbonyl (C=O) groups excluding carboxylic acids is 3. The van der Waals surface area contributed by atoms with Crippen molar-refractivity contribution in [1.29, 1.82) is 0 Å². The van der Waals surface area contributed by atoms with Crippen LogP contribution in [0.1, 0.15) is 33.1 Å². The lowest BCUT2D eigenvalue weighted by molar-refractivity contribution is -0.146. The highest BCUT2D eigenvalue weighted by atomic mass is 35.5. The lowest BCUT2D eigenvalue weighted by Gasteiger charge is -2.27. The number of amides is 1. The maximum atomic E-state index is 13.4. The van der Waals surface area contributed by atoms with Crippen molar-refractivity contribution in [3.8, 4) is 0 Å². The van der Waals surface area contributed by atoms with Crippen LogP contribution in [0, 0.1) is 0 Å². The number of hydrogen-bond donors (Lipinski definition) is 2. The van der Waals surface area contributed by atoms with Crippen LogP contribution in [-0.2, 0) is 23.9 Å². The summed E-state index contributed by atoms with van der Waals surface area (Å²) in [5, 5.41) is 3.18. The molecule has 182 valence electrons. The largest absolute Gasteiger partial charge is 0.465 e. The van der Waals surface area contributed by atoms with Crippen molar-refractivity contribution in [3.63, 3.8) is 0 Å². The molecule has 1 aromatic carbocycles. The number of carbonyl (C=O) groups is 3. The molecule has 1 aliphatic heterocycles. The normalized spacial score (nSPS) is 16.0. The zero-order valence-electron chi connectivity index (χ0n) is 18.4. The molecule has 0 radical (unpaired) electrons. The zero-order chi connectivity index (χ0) is 21.9. The van der Waals surface area contributed by atoms with E-state index >= 15 is 0 Å². The Morgan fingerprint density at radius 3 is 2.53 bits per heavy atom. The fraction of sp³-hybridized carbons (Fsp3) is 0.571. The summed E-state index contributed by atoms with van der Waals surface area (Å²) in [5.74, 6) is -0.696. The topological polar surface area (TPSA) is 111 Å². The molecule has 1 aromatic rings. The Hall–Kier alpha value is -1.52. The number of fused-ring (bicyclic) bond motifs is 1. The van der Waals surface area contributed by atoms with E-state index in [1.165, 1.54) is 16.7 Å². The van der Waals surface area contributed by atoms with Crippen molar-refractivity contribution in [1.82, 2.24) is 5.32 Å². The van der Waals surface area contributed by atoms with Crippen LogP contribution in [0.4, 0.5) is 5.69 Å². The number of nitrogens with two attached hydrogens (primary N) is 1. The fourth-order valence-corrected chi connectivity index (χ4v) is 4.31. The molecule has 1 unspecified atom stereocenters. The maximum Gasteiger partial charge on any atom is 0.326 e. The number of para-hydroxylation sites is 1. The van der Waals surface area contributed by atoms with Gasteiger partial charge in [0.15, 0.2) is 0 Å². The van der Waals surface area contributed by atoms with E-state index in [4.69, 9.17) is 15.2 Å². The molecule has 1 amide bonds. The Morgan fingerprint density at radius 2 is 1.88 bits per heavy atom. The first-order valence-electron chi connectivity index (χ1n) is 10.3. The smallest absolute Gasteiger partial charge is 0.326 e. The van der Waals surface area contributed by atoms with E-state index in [1.54, 1.807) is 13.8 Å². The van der Waals surface area contributed by atoms with Crippen molar-refractivity contribution in [2.45, 2.75) is 50.1 Å². The number of halogens is 2. The number of hydrogen-bond acceptors (Lipinski definition) is 8. The van der Waals surface area contributed by atoms with Crippen LogP contribution in [0.15, 0.2) is 29.2 Å². The fourth-order valence-electron chi connectivity index (χ4n) is 3.22. The molecule has 0 saturated carbocycles. The van der Waals surface area contributed by atoms with Gasteiger partial charge < -0.3 is 15.2 Å². The van der Waals surface area contributed by atoms with Gasteiger partial charge in [0.25, 0.3) is 0 Å². The first-order chi connectivity index (χ1) is 14.5. The van der Waals surface area contributed by atoms with E-state index in [1.807, 2.05) is 24.3 Å². The van der Waals surface area contributed by atoms with Gasteiger partial charge in [-0.15, -0.1) is 36.6 Å². The van der Waals surface area contributed by atoms with Gasteiger partial charge in [-0.2, -0.15) is 0 Å². The molecule has 11 heteroatoms. The quantitative estimate of drug-likeness (QED) is 0.345. The first kappa shape index (κ1) is 30.5. The number of benzene rings is 1. The molecular weight excluding hydrogens is 477 g/mol. The molecule has 1 heterocycles. The van der Waals surface area contributed by atoms with Gasteiger partial charge in [-0.1, -0.05) is 18.6 Å². The molecule has 0 spiro atoms. The Labute approximate surface area is 206 Å². The molecule has 0 aromatic heterocycles. The third kappa shape index (κ3) is 8.78. The minimum Gasteiger partial charge on any atom is -0.465 e. The van der Waals surface area contributed by atoms with E-state index in [0.717, 1.165) is 17.7 Å². The highest BCUT2D eigenvalue weighted by Crippen LogP contribution is 2.34. The summed E-state index contributed by atoms with van der Waals surface area (Å²) in [6, 6.07) is 6.18. The molecule has 32 heavy (non-hydrogen) atoms. The van der Waals surface area contributed by atoms with Gasteiger partial charge in [-0.25, -0.2) is 0 Å². The first-order valence-corrected chi connectivity index (χ1v) is 11.3. The van der Waals surface area contributed by atoms with E-state index in [2.05, 4.69) is 5.32 Å². The van der Waals surface area contributed by atoms with Crippen molar-refractivity contribution in [3.05, 3.63) is 24.3 Å². The molecule has 0 bridgehead atoms. The molecule has 1 aliphatic rings. The van der Waals surface area contributed by atoms with Crippen molar-refractivity contribution in [2.24, 2.45) is 5.73 Å². The molecule has 0 aliphatic carbocycles. The minimum absolute atomic E-state index is 0. The molecule has 8 nitrogen and oxygen atoms in total. The number of nitrogens with one attached hydrogen (secondary N) is 1. The number of ether oxygens (including phenoxy) is 2. The number of nitrogens with zero attached hydrogens (tertiary/aromatic N) is 1. The lowest BCUT2D eigenvalue weighted by atomic mass is 10.1. The van der Waals surface area contributed by atoms with Crippen LogP contribution in [0.25, 0.3) is 0 Å². The average Bonchev–Trinajstić information content (AvgIpc) is 2.85. The van der Waals surface area contributed by atoms with Crippen molar-refractivity contribution in [2.75, 3.05) is 37.0 Å². The van der Waals surface area contributed by atoms with Crippen molar-refractivity contribution < 1.29 is 23.9 Å². The second-order valence-electron chi connectivity index (χ2n) is 6.82. The average molecular weight is 510 g/mol. The second kappa shape index (κ2) is 16.1. The van der Waals surface area contributed by atoms with Crippen LogP contribution in [0.2, 0.25) is 0 Å². The molecule has 0 fully saturated rings. The molecular formula is C21H33Cl2N3O5S. The number of esters is 2. The summed E-state index contributed by atoms with van der Waals surface area (Å²) in [5.41, 5.74) is 6.24. The molecule has 2 rings (SSSR count). The standard InChI is InChI=1S/C21H31N3O5S.2ClH/c1-3-28-19(25)13-24-17-10-5-6-11-18(17)30-14-16(20(24)26)23-15(9-7-8-12-22)21(27)29-4-2;;/h5-6,10-11,15-16,23H,3-4,7-9,12-14,22H2,1-2H3;2*1H/t15?,16-;;/m0../s1. The van der Waals surface area contributed by atoms with Crippen LogP contribution < -0.4 is 16.0 Å². The number of anilines is 1. The Balaban J connectivity index is 0.00000480. The lowest BCUT2D eigenvalue weighted by Crippen LogP contribution is -2.54. The third-order valence-corrected chi connectivity index (χ3v) is 5.79. The molecule has 0 saturated heterocycles. The summed E-state index contributed by atoms with van der Waals surface area (Å²) >= 11 is 1.51. The third-order valence-electron chi connectivity index (χ3n) is 4.64. The van der Waals surface area contributed by atoms with Crippen molar-refractivity contribution >= 4 is 60.1 Å². The number of rotatable bonds is 11. The van der Waals surface area contributed by atoms with Gasteiger partial charge in [0.1, 0.15) is 12.6 Å². The minimum atomic E-state index is -0.649. The summed E-state index contributed by atoms with van der Waals surface area (Å²) in [4.78, 5) is 40.3. The summed E-state index contributed by atoms with van der Waals surface area (Å²) in [7, 11) is 0. The maximum absolute atomic E-state index is 13.4. The Bertz CT molecular complexity index is 741. The van der Waals surface area contributed by atoms with Crippen LogP contribution in [0.3, 0.4) is 0 Å². The van der Waals surface area contributed by atoms with Crippen LogP contribution in [0.5, 0.6) is 0 Å². The van der Waals surface area contributed by atoms with E-state index in [0.29, 0.717) is 24.4 Å². The van der Waals surface area contributed by atoms with E-state index < -0.39 is 18.1 Å². The zero-order valence-corrected chi connectivity index (χ0v) is 20.9. The van der Waals surface area contributed by atoms with Gasteiger partial charge in [0, 0.05) is 10.6 Å². The Kier molecular flexibility index (Phi) is 15.4. The van der Waals surface area contributed by atoms with Gasteiger partial charge in [-0.3, -0.25) is 24.6 Å². The monoisotopic (exact) mass is 509 g/mol. The Morgan fingerprint density at radius 1 is 1.19 bits per heavy atom. The highest BCUT2D eigenvalue weighted by Gasteiger charge is 2.35. The van der Waals surface area contributed by atoms with Gasteiger partial charge in [0.05, 0.1) is 24.9 Å². The van der Waals surface area contributed by atoms with Gasteiger partial charge in [-0.05, 0) is 45.4 Å².